The second-order valence-electron chi connectivity index (χ2n) is 8.62. The number of alkyl halides is 3. The van der Waals surface area contributed by atoms with E-state index >= 15 is 0 Å². The van der Waals surface area contributed by atoms with E-state index in [0.717, 1.165) is 51.2 Å². The molecule has 0 aliphatic carbocycles. The number of aryl methyl sites for hydroxylation is 2. The van der Waals surface area contributed by atoms with Gasteiger partial charge in [-0.25, -0.2) is 14.3 Å². The van der Waals surface area contributed by atoms with E-state index in [0.29, 0.717) is 16.9 Å². The van der Waals surface area contributed by atoms with Crippen molar-refractivity contribution in [3.63, 3.8) is 0 Å². The molecule has 3 aromatic heterocycles. The Kier molecular flexibility index (Phi) is 4.93. The molecule has 36 heavy (non-hydrogen) atoms. The van der Waals surface area contributed by atoms with Gasteiger partial charge in [-0.2, -0.15) is 23.4 Å². The van der Waals surface area contributed by atoms with Gasteiger partial charge in [0, 0.05) is 5.56 Å². The second kappa shape index (κ2) is 8.05. The van der Waals surface area contributed by atoms with Crippen LogP contribution in [0.2, 0.25) is 0 Å². The van der Waals surface area contributed by atoms with Gasteiger partial charge in [0.25, 0.3) is 0 Å². The minimum atomic E-state index is -4.41. The van der Waals surface area contributed by atoms with E-state index in [9.17, 15) is 13.2 Å². The summed E-state index contributed by atoms with van der Waals surface area (Å²) in [7, 11) is 0. The summed E-state index contributed by atoms with van der Waals surface area (Å²) in [6.07, 6.45) is -4.41. The van der Waals surface area contributed by atoms with Crippen molar-refractivity contribution in [2.75, 3.05) is 0 Å². The smallest absolute Gasteiger partial charge is 0.214 e. The van der Waals surface area contributed by atoms with Crippen molar-refractivity contribution in [1.82, 2.24) is 24.5 Å². The molecule has 0 atom stereocenters. The van der Waals surface area contributed by atoms with E-state index in [4.69, 9.17) is 15.2 Å². The Morgan fingerprint density at radius 3 is 1.47 bits per heavy atom. The van der Waals surface area contributed by atoms with Crippen LogP contribution in [0.25, 0.3) is 44.6 Å². The van der Waals surface area contributed by atoms with Crippen molar-refractivity contribution in [2.24, 2.45) is 0 Å². The zero-order chi connectivity index (χ0) is 25.0. The molecule has 178 valence electrons. The lowest BCUT2D eigenvalue weighted by molar-refractivity contribution is -0.137. The normalized spacial score (nSPS) is 12.0. The zero-order valence-corrected chi connectivity index (χ0v) is 19.5. The lowest BCUT2D eigenvalue weighted by Crippen LogP contribution is -2.04. The molecular formula is C28H20F3N5. The van der Waals surface area contributed by atoms with Gasteiger partial charge < -0.3 is 0 Å². The van der Waals surface area contributed by atoms with Crippen LogP contribution < -0.4 is 0 Å². The molecule has 0 saturated carbocycles. The third-order valence-electron chi connectivity index (χ3n) is 6.29. The fourth-order valence-electron chi connectivity index (χ4n) is 4.66. The molecule has 0 aliphatic heterocycles. The van der Waals surface area contributed by atoms with Gasteiger partial charge in [0.15, 0.2) is 11.3 Å². The Morgan fingerprint density at radius 1 is 0.611 bits per heavy atom. The van der Waals surface area contributed by atoms with E-state index in [-0.39, 0.29) is 0 Å². The van der Waals surface area contributed by atoms with Crippen LogP contribution in [0, 0.1) is 13.8 Å². The van der Waals surface area contributed by atoms with E-state index < -0.39 is 11.7 Å². The van der Waals surface area contributed by atoms with Gasteiger partial charge >= 0.3 is 6.18 Å². The lowest BCUT2D eigenvalue weighted by Gasteiger charge is -2.11. The van der Waals surface area contributed by atoms with Crippen LogP contribution in [-0.2, 0) is 6.18 Å². The number of rotatable bonds is 3. The van der Waals surface area contributed by atoms with Crippen LogP contribution in [-0.4, -0.2) is 24.5 Å². The Bertz CT molecular complexity index is 1620. The Labute approximate surface area is 204 Å². The van der Waals surface area contributed by atoms with Crippen LogP contribution in [0.1, 0.15) is 17.0 Å². The van der Waals surface area contributed by atoms with E-state index in [1.807, 2.05) is 74.5 Å². The van der Waals surface area contributed by atoms with Crippen molar-refractivity contribution >= 4 is 22.1 Å². The quantitative estimate of drug-likeness (QED) is 0.271. The van der Waals surface area contributed by atoms with Crippen LogP contribution in [0.3, 0.4) is 0 Å². The first-order chi connectivity index (χ1) is 17.3. The predicted molar refractivity (Wildman–Crippen MR) is 133 cm³/mol. The maximum Gasteiger partial charge on any atom is 0.416 e. The van der Waals surface area contributed by atoms with Crippen LogP contribution in [0.4, 0.5) is 13.2 Å². The van der Waals surface area contributed by atoms with Gasteiger partial charge in [0.1, 0.15) is 0 Å². The number of hydrogen-bond donors (Lipinski definition) is 0. The number of halogens is 3. The Balaban J connectivity index is 1.74. The van der Waals surface area contributed by atoms with Crippen molar-refractivity contribution < 1.29 is 13.2 Å². The van der Waals surface area contributed by atoms with E-state index in [1.54, 1.807) is 9.36 Å². The summed E-state index contributed by atoms with van der Waals surface area (Å²) in [6.45, 7) is 3.78. The van der Waals surface area contributed by atoms with Crippen LogP contribution in [0.15, 0.2) is 84.9 Å². The standard InChI is InChI=1S/C28H20F3N5/c1-17-23-25(19-13-15-20(16-14-19)28(29,30)31)24-18(2)34-36(22-11-7-4-8-12-22)27(24)32-26(23)35(33-17)21-9-5-3-6-10-21/h3-16H,1-2H3. The number of para-hydroxylation sites is 2. The molecule has 0 bridgehead atoms. The van der Waals surface area contributed by atoms with Gasteiger partial charge in [-0.05, 0) is 55.8 Å². The molecule has 3 heterocycles. The van der Waals surface area contributed by atoms with Crippen LogP contribution >= 0.6 is 0 Å². The molecule has 5 nitrogen and oxygen atoms in total. The summed E-state index contributed by atoms with van der Waals surface area (Å²) < 4.78 is 43.5. The van der Waals surface area contributed by atoms with Crippen molar-refractivity contribution in [1.29, 1.82) is 0 Å². The van der Waals surface area contributed by atoms with Crippen molar-refractivity contribution in [3.05, 3.63) is 102 Å². The average Bonchev–Trinajstić information content (AvgIpc) is 3.40. The molecular weight excluding hydrogens is 463 g/mol. The summed E-state index contributed by atoms with van der Waals surface area (Å²) in [4.78, 5) is 5.04. The molecule has 0 N–H and O–H groups in total. The third-order valence-corrected chi connectivity index (χ3v) is 6.29. The van der Waals surface area contributed by atoms with Gasteiger partial charge in [0.05, 0.1) is 39.1 Å². The highest BCUT2D eigenvalue weighted by Gasteiger charge is 2.30. The minimum Gasteiger partial charge on any atom is -0.214 e. The lowest BCUT2D eigenvalue weighted by atomic mass is 9.97. The number of hydrogen-bond acceptors (Lipinski definition) is 3. The summed E-state index contributed by atoms with van der Waals surface area (Å²) >= 11 is 0. The highest BCUT2D eigenvalue weighted by molar-refractivity contribution is 6.10. The van der Waals surface area contributed by atoms with Gasteiger partial charge in [0.2, 0.25) is 0 Å². The fourth-order valence-corrected chi connectivity index (χ4v) is 4.66. The topological polar surface area (TPSA) is 48.5 Å². The van der Waals surface area contributed by atoms with E-state index in [1.165, 1.54) is 12.1 Å². The molecule has 0 fully saturated rings. The maximum atomic E-state index is 13.3. The molecule has 3 aromatic carbocycles. The first-order valence-corrected chi connectivity index (χ1v) is 11.4. The second-order valence-corrected chi connectivity index (χ2v) is 8.62. The summed E-state index contributed by atoms with van der Waals surface area (Å²) in [5.41, 5.74) is 5.06. The minimum absolute atomic E-state index is 0.609. The Hall–Kier alpha value is -4.46. The summed E-state index contributed by atoms with van der Waals surface area (Å²) in [5, 5.41) is 11.1. The monoisotopic (exact) mass is 483 g/mol. The molecule has 0 amide bonds. The predicted octanol–water partition coefficient (Wildman–Crippen LogP) is 7.06. The van der Waals surface area contributed by atoms with Crippen molar-refractivity contribution in [2.45, 2.75) is 20.0 Å². The largest absolute Gasteiger partial charge is 0.416 e. The summed E-state index contributed by atoms with van der Waals surface area (Å²) in [6, 6.07) is 24.5. The SMILES string of the molecule is Cc1nn(-c2ccccc2)c2nc3c(c(C)nn3-c3ccccc3)c(-c3ccc(C(F)(F)F)cc3)c12. The molecule has 8 heteroatoms. The van der Waals surface area contributed by atoms with Crippen LogP contribution in [0.5, 0.6) is 0 Å². The van der Waals surface area contributed by atoms with Crippen molar-refractivity contribution in [3.8, 4) is 22.5 Å². The molecule has 0 saturated heterocycles. The average molecular weight is 483 g/mol. The first-order valence-electron chi connectivity index (χ1n) is 11.4. The number of pyridine rings is 1. The highest BCUT2D eigenvalue weighted by atomic mass is 19.4. The van der Waals surface area contributed by atoms with Gasteiger partial charge in [-0.1, -0.05) is 48.5 Å². The highest BCUT2D eigenvalue weighted by Crippen LogP contribution is 2.40. The fraction of sp³-hybridized carbons (Fsp3) is 0.107. The molecule has 0 radical (unpaired) electrons. The molecule has 0 aliphatic rings. The molecule has 6 aromatic rings. The Morgan fingerprint density at radius 2 is 1.06 bits per heavy atom. The molecule has 6 rings (SSSR count). The number of benzene rings is 3. The first kappa shape index (κ1) is 22.0. The van der Waals surface area contributed by atoms with Gasteiger partial charge in [-0.15, -0.1) is 0 Å². The summed E-state index contributed by atoms with van der Waals surface area (Å²) in [5.74, 6) is 0. The number of nitrogens with zero attached hydrogens (tertiary/aromatic N) is 5. The maximum absolute atomic E-state index is 13.3. The number of fused-ring (bicyclic) bond motifs is 2. The van der Waals surface area contributed by atoms with Gasteiger partial charge in [-0.3, -0.25) is 0 Å². The molecule has 0 unspecified atom stereocenters. The third kappa shape index (κ3) is 3.45. The van der Waals surface area contributed by atoms with E-state index in [2.05, 4.69) is 0 Å². The molecule has 0 spiro atoms. The zero-order valence-electron chi connectivity index (χ0n) is 19.5. The number of aromatic nitrogens is 5.